The van der Waals surface area contributed by atoms with Crippen molar-refractivity contribution in [3.05, 3.63) is 70.8 Å². The molecule has 2 atom stereocenters. The molecule has 2 aliphatic rings. The summed E-state index contributed by atoms with van der Waals surface area (Å²) in [5, 5.41) is 0. The Morgan fingerprint density at radius 3 is 2.68 bits per heavy atom. The van der Waals surface area contributed by atoms with Crippen molar-refractivity contribution in [2.75, 3.05) is 20.6 Å². The van der Waals surface area contributed by atoms with Gasteiger partial charge in [0.2, 0.25) is 5.91 Å². The molecule has 1 aliphatic carbocycles. The first kappa shape index (κ1) is 16.3. The molecule has 1 saturated carbocycles. The van der Waals surface area contributed by atoms with Crippen LogP contribution in [0.25, 0.3) is 0 Å². The molecule has 0 radical (unpaired) electrons. The van der Waals surface area contributed by atoms with Crippen molar-refractivity contribution in [1.29, 1.82) is 0 Å². The first-order valence-corrected chi connectivity index (χ1v) is 9.21. The fourth-order valence-corrected chi connectivity index (χ4v) is 4.03. The molecule has 4 rings (SSSR count). The predicted molar refractivity (Wildman–Crippen MR) is 100 cm³/mol. The zero-order valence-electron chi connectivity index (χ0n) is 15.1. The Morgan fingerprint density at radius 1 is 1.12 bits per heavy atom. The van der Waals surface area contributed by atoms with Gasteiger partial charge in [-0.1, -0.05) is 48.5 Å². The number of hydrogen-bond acceptors (Lipinski definition) is 2. The quantitative estimate of drug-likeness (QED) is 0.855. The Kier molecular flexibility index (Phi) is 4.34. The summed E-state index contributed by atoms with van der Waals surface area (Å²) in [6.45, 7) is 2.60. The van der Waals surface area contributed by atoms with Gasteiger partial charge in [-0.3, -0.25) is 4.79 Å². The molecule has 130 valence electrons. The summed E-state index contributed by atoms with van der Waals surface area (Å²) in [5.41, 5.74) is 5.40. The molecule has 1 aliphatic heterocycles. The highest BCUT2D eigenvalue weighted by Gasteiger charge is 2.45. The normalized spacial score (nSPS) is 22.0. The number of carbonyl (C=O) groups excluding carboxylic acids is 1. The summed E-state index contributed by atoms with van der Waals surface area (Å²) in [7, 11) is 4.19. The monoisotopic (exact) mass is 334 g/mol. The highest BCUT2D eigenvalue weighted by molar-refractivity contribution is 5.83. The zero-order valence-corrected chi connectivity index (χ0v) is 15.1. The molecule has 2 aromatic rings. The van der Waals surface area contributed by atoms with Crippen molar-refractivity contribution in [2.45, 2.75) is 31.8 Å². The van der Waals surface area contributed by atoms with Gasteiger partial charge in [-0.15, -0.1) is 0 Å². The van der Waals surface area contributed by atoms with Crippen LogP contribution in [-0.4, -0.2) is 36.3 Å². The SMILES string of the molecule is CN(C)Cc1ccc2c(c1)CCN(C(=O)[C@@H]1C[C@H]1c1ccccc1)C2. The molecular formula is C22H26N2O. The summed E-state index contributed by atoms with van der Waals surface area (Å²) in [6, 6.07) is 17.2. The number of carbonyl (C=O) groups is 1. The number of amides is 1. The Bertz CT molecular complexity index is 769. The van der Waals surface area contributed by atoms with Gasteiger partial charge in [0.15, 0.2) is 0 Å². The van der Waals surface area contributed by atoms with Gasteiger partial charge >= 0.3 is 0 Å². The smallest absolute Gasteiger partial charge is 0.226 e. The fourth-order valence-electron chi connectivity index (χ4n) is 4.03. The molecule has 0 saturated heterocycles. The minimum atomic E-state index is 0.192. The van der Waals surface area contributed by atoms with Gasteiger partial charge in [0.25, 0.3) is 0 Å². The van der Waals surface area contributed by atoms with Gasteiger partial charge in [-0.2, -0.15) is 0 Å². The summed E-state index contributed by atoms with van der Waals surface area (Å²) < 4.78 is 0. The third kappa shape index (κ3) is 3.47. The zero-order chi connectivity index (χ0) is 17.4. The Balaban J connectivity index is 1.42. The number of nitrogens with zero attached hydrogens (tertiary/aromatic N) is 2. The van der Waals surface area contributed by atoms with E-state index in [0.29, 0.717) is 11.8 Å². The van der Waals surface area contributed by atoms with Crippen molar-refractivity contribution in [3.8, 4) is 0 Å². The third-order valence-electron chi connectivity index (χ3n) is 5.43. The molecule has 25 heavy (non-hydrogen) atoms. The average Bonchev–Trinajstić information content (AvgIpc) is 3.41. The molecule has 0 bridgehead atoms. The van der Waals surface area contributed by atoms with Crippen LogP contribution in [-0.2, 0) is 24.3 Å². The molecule has 0 unspecified atom stereocenters. The van der Waals surface area contributed by atoms with E-state index in [-0.39, 0.29) is 5.92 Å². The van der Waals surface area contributed by atoms with Gasteiger partial charge in [0.05, 0.1) is 0 Å². The van der Waals surface area contributed by atoms with Gasteiger partial charge < -0.3 is 9.80 Å². The summed E-state index contributed by atoms with van der Waals surface area (Å²) in [5.74, 6) is 0.964. The number of hydrogen-bond donors (Lipinski definition) is 0. The predicted octanol–water partition coefficient (Wildman–Crippen LogP) is 3.44. The lowest BCUT2D eigenvalue weighted by molar-refractivity contribution is -0.133. The maximum atomic E-state index is 12.9. The Labute approximate surface area is 150 Å². The molecule has 0 spiro atoms. The summed E-state index contributed by atoms with van der Waals surface area (Å²) in [4.78, 5) is 17.1. The lowest BCUT2D eigenvalue weighted by atomic mass is 9.96. The van der Waals surface area contributed by atoms with Crippen LogP contribution in [0, 0.1) is 5.92 Å². The second-order valence-corrected chi connectivity index (χ2v) is 7.71. The minimum Gasteiger partial charge on any atom is -0.338 e. The standard InChI is InChI=1S/C22H26N2O/c1-23(2)14-16-8-9-19-15-24(11-10-18(19)12-16)22(25)21-13-20(21)17-6-4-3-5-7-17/h3-9,12,20-21H,10-11,13-15H2,1-2H3/t20-,21+/m0/s1. The van der Waals surface area contributed by atoms with E-state index in [9.17, 15) is 4.79 Å². The van der Waals surface area contributed by atoms with Crippen LogP contribution in [0.3, 0.4) is 0 Å². The van der Waals surface area contributed by atoms with E-state index in [1.807, 2.05) is 6.07 Å². The van der Waals surface area contributed by atoms with Crippen molar-refractivity contribution >= 4 is 5.91 Å². The third-order valence-corrected chi connectivity index (χ3v) is 5.43. The summed E-state index contributed by atoms with van der Waals surface area (Å²) >= 11 is 0. The highest BCUT2D eigenvalue weighted by Crippen LogP contribution is 2.48. The highest BCUT2D eigenvalue weighted by atomic mass is 16.2. The van der Waals surface area contributed by atoms with E-state index in [2.05, 4.69) is 66.4 Å². The first-order chi connectivity index (χ1) is 12.1. The van der Waals surface area contributed by atoms with Crippen LogP contribution in [0.1, 0.15) is 34.6 Å². The van der Waals surface area contributed by atoms with Crippen molar-refractivity contribution in [1.82, 2.24) is 9.80 Å². The van der Waals surface area contributed by atoms with Crippen molar-refractivity contribution in [2.24, 2.45) is 5.92 Å². The lowest BCUT2D eigenvalue weighted by Gasteiger charge is -2.29. The molecule has 3 nitrogen and oxygen atoms in total. The van der Waals surface area contributed by atoms with Crippen LogP contribution >= 0.6 is 0 Å². The largest absolute Gasteiger partial charge is 0.338 e. The molecule has 1 amide bonds. The van der Waals surface area contributed by atoms with Crippen LogP contribution < -0.4 is 0 Å². The lowest BCUT2D eigenvalue weighted by Crippen LogP contribution is -2.37. The van der Waals surface area contributed by atoms with Gasteiger partial charge in [0.1, 0.15) is 0 Å². The average molecular weight is 334 g/mol. The minimum absolute atomic E-state index is 0.192. The number of fused-ring (bicyclic) bond motifs is 1. The second kappa shape index (κ2) is 6.64. The number of rotatable bonds is 4. The maximum absolute atomic E-state index is 12.9. The Hall–Kier alpha value is -2.13. The van der Waals surface area contributed by atoms with Gasteiger partial charge in [0, 0.05) is 25.6 Å². The van der Waals surface area contributed by atoms with Crippen molar-refractivity contribution < 1.29 is 4.79 Å². The Morgan fingerprint density at radius 2 is 1.92 bits per heavy atom. The van der Waals surface area contributed by atoms with E-state index < -0.39 is 0 Å². The van der Waals surface area contributed by atoms with Gasteiger partial charge in [-0.05, 0) is 55.1 Å². The molecule has 2 aromatic carbocycles. The second-order valence-electron chi connectivity index (χ2n) is 7.71. The molecule has 1 fully saturated rings. The maximum Gasteiger partial charge on any atom is 0.226 e. The first-order valence-electron chi connectivity index (χ1n) is 9.21. The van der Waals surface area contributed by atoms with Crippen LogP contribution in [0.5, 0.6) is 0 Å². The van der Waals surface area contributed by atoms with Crippen molar-refractivity contribution in [3.63, 3.8) is 0 Å². The number of benzene rings is 2. The molecule has 1 heterocycles. The van der Waals surface area contributed by atoms with E-state index in [0.717, 1.165) is 32.5 Å². The van der Waals surface area contributed by atoms with E-state index in [4.69, 9.17) is 0 Å². The molecule has 3 heteroatoms. The molecular weight excluding hydrogens is 308 g/mol. The summed E-state index contributed by atoms with van der Waals surface area (Å²) in [6.07, 6.45) is 1.99. The van der Waals surface area contributed by atoms with E-state index >= 15 is 0 Å². The van der Waals surface area contributed by atoms with Crippen LogP contribution in [0.2, 0.25) is 0 Å². The topological polar surface area (TPSA) is 23.6 Å². The molecule has 0 aromatic heterocycles. The van der Waals surface area contributed by atoms with Crippen LogP contribution in [0.15, 0.2) is 48.5 Å². The van der Waals surface area contributed by atoms with Gasteiger partial charge in [-0.25, -0.2) is 0 Å². The molecule has 0 N–H and O–H groups in total. The fraction of sp³-hybridized carbons (Fsp3) is 0.409. The van der Waals surface area contributed by atoms with E-state index in [1.54, 1.807) is 0 Å². The van der Waals surface area contributed by atoms with Crippen LogP contribution in [0.4, 0.5) is 0 Å². The van der Waals surface area contributed by atoms with E-state index in [1.165, 1.54) is 22.3 Å².